The number of ether oxygens (including phenoxy) is 1. The lowest BCUT2D eigenvalue weighted by molar-refractivity contribution is -0.131. The van der Waals surface area contributed by atoms with E-state index in [4.69, 9.17) is 9.26 Å². The normalized spacial score (nSPS) is 13.4. The molecule has 1 atom stereocenters. The van der Waals surface area contributed by atoms with Crippen LogP contribution in [0, 0.1) is 13.8 Å². The minimum Gasteiger partial charge on any atom is -0.366 e. The molecule has 1 unspecified atom stereocenters. The molecule has 0 aliphatic carbocycles. The van der Waals surface area contributed by atoms with Gasteiger partial charge >= 0.3 is 0 Å². The van der Waals surface area contributed by atoms with Crippen LogP contribution in [-0.2, 0) is 9.53 Å². The van der Waals surface area contributed by atoms with Gasteiger partial charge < -0.3 is 14.6 Å². The third-order valence-electron chi connectivity index (χ3n) is 2.54. The zero-order valence-electron chi connectivity index (χ0n) is 12.0. The smallest absolute Gasteiger partial charge is 0.246 e. The molecule has 0 aromatic carbocycles. The van der Waals surface area contributed by atoms with Crippen LogP contribution in [0.2, 0.25) is 0 Å². The van der Waals surface area contributed by atoms with Gasteiger partial charge in [-0.15, -0.1) is 0 Å². The molecular formula is C13H22N2O3. The van der Waals surface area contributed by atoms with Gasteiger partial charge in [0.2, 0.25) is 5.91 Å². The van der Waals surface area contributed by atoms with Crippen molar-refractivity contribution in [2.45, 2.75) is 53.2 Å². The van der Waals surface area contributed by atoms with Gasteiger partial charge in [-0.1, -0.05) is 5.16 Å². The highest BCUT2D eigenvalue weighted by Gasteiger charge is 2.19. The molecule has 0 bridgehead atoms. The van der Waals surface area contributed by atoms with E-state index in [9.17, 15) is 4.79 Å². The van der Waals surface area contributed by atoms with Crippen molar-refractivity contribution >= 4 is 5.91 Å². The highest BCUT2D eigenvalue weighted by molar-refractivity contribution is 5.77. The van der Waals surface area contributed by atoms with Crippen LogP contribution in [0.15, 0.2) is 4.52 Å². The minimum absolute atomic E-state index is 0.0528. The Kier molecular flexibility index (Phi) is 4.51. The lowest BCUT2D eigenvalue weighted by atomic mass is 10.1. The molecule has 1 amide bonds. The highest BCUT2D eigenvalue weighted by atomic mass is 16.5. The summed E-state index contributed by atoms with van der Waals surface area (Å²) in [4.78, 5) is 11.7. The van der Waals surface area contributed by atoms with Crippen LogP contribution >= 0.6 is 0 Å². The minimum atomic E-state index is -0.316. The van der Waals surface area contributed by atoms with E-state index in [1.165, 1.54) is 0 Å². The number of nitrogens with zero attached hydrogens (tertiary/aromatic N) is 1. The van der Waals surface area contributed by atoms with Crippen LogP contribution in [0.25, 0.3) is 0 Å². The lowest BCUT2D eigenvalue weighted by Gasteiger charge is -2.20. The third kappa shape index (κ3) is 4.14. The maximum atomic E-state index is 11.7. The zero-order valence-corrected chi connectivity index (χ0v) is 12.0. The van der Waals surface area contributed by atoms with E-state index in [1.54, 1.807) is 0 Å². The van der Waals surface area contributed by atoms with Crippen molar-refractivity contribution in [1.29, 1.82) is 0 Å². The second-order valence-electron chi connectivity index (χ2n) is 5.43. The van der Waals surface area contributed by atoms with Crippen LogP contribution < -0.4 is 5.32 Å². The molecule has 18 heavy (non-hydrogen) atoms. The van der Waals surface area contributed by atoms with Crippen molar-refractivity contribution in [3.05, 3.63) is 17.0 Å². The molecule has 0 saturated carbocycles. The topological polar surface area (TPSA) is 64.4 Å². The summed E-state index contributed by atoms with van der Waals surface area (Å²) in [5.41, 5.74) is 1.42. The molecule has 1 rings (SSSR count). The number of aryl methyl sites for hydroxylation is 2. The molecule has 1 aromatic rings. The lowest BCUT2D eigenvalue weighted by Crippen LogP contribution is -2.33. The van der Waals surface area contributed by atoms with Crippen LogP contribution in [0.1, 0.15) is 50.8 Å². The molecular weight excluding hydrogens is 232 g/mol. The van der Waals surface area contributed by atoms with E-state index in [-0.39, 0.29) is 24.2 Å². The first-order valence-corrected chi connectivity index (χ1v) is 6.07. The molecule has 0 saturated heterocycles. The number of aromatic nitrogens is 1. The first kappa shape index (κ1) is 14.7. The largest absolute Gasteiger partial charge is 0.366 e. The third-order valence-corrected chi connectivity index (χ3v) is 2.54. The van der Waals surface area contributed by atoms with Crippen LogP contribution in [-0.4, -0.2) is 23.3 Å². The molecule has 102 valence electrons. The molecule has 1 N–H and O–H groups in total. The number of rotatable bonds is 4. The number of hydrogen-bond donors (Lipinski definition) is 1. The maximum absolute atomic E-state index is 11.7. The Morgan fingerprint density at radius 2 is 2.06 bits per heavy atom. The molecule has 1 aromatic heterocycles. The van der Waals surface area contributed by atoms with Gasteiger partial charge in [0.05, 0.1) is 17.3 Å². The summed E-state index contributed by atoms with van der Waals surface area (Å²) in [6.45, 7) is 11.4. The standard InChI is InChI=1S/C13H22N2O3/c1-8(12-9(2)15-18-10(12)3)14-11(16)7-17-13(4,5)6/h8H,7H2,1-6H3,(H,14,16). The van der Waals surface area contributed by atoms with E-state index >= 15 is 0 Å². The Bertz CT molecular complexity index is 399. The quantitative estimate of drug-likeness (QED) is 0.895. The fourth-order valence-corrected chi connectivity index (χ4v) is 1.75. The molecule has 0 aliphatic rings. The van der Waals surface area contributed by atoms with Crippen molar-refractivity contribution < 1.29 is 14.1 Å². The van der Waals surface area contributed by atoms with Gasteiger partial charge in [0, 0.05) is 5.56 Å². The van der Waals surface area contributed by atoms with E-state index in [2.05, 4.69) is 10.5 Å². The number of amides is 1. The summed E-state index contributed by atoms with van der Waals surface area (Å²) >= 11 is 0. The van der Waals surface area contributed by atoms with Crippen LogP contribution in [0.5, 0.6) is 0 Å². The predicted octanol–water partition coefficient (Wildman–Crippen LogP) is 2.28. The van der Waals surface area contributed by atoms with Crippen molar-refractivity contribution in [2.24, 2.45) is 0 Å². The van der Waals surface area contributed by atoms with Gasteiger partial charge in [0.1, 0.15) is 12.4 Å². The Morgan fingerprint density at radius 1 is 1.44 bits per heavy atom. The summed E-state index contributed by atoms with van der Waals surface area (Å²) in [7, 11) is 0. The molecule has 0 spiro atoms. The number of carbonyl (C=O) groups is 1. The Labute approximate surface area is 108 Å². The Balaban J connectivity index is 2.55. The number of carbonyl (C=O) groups excluding carboxylic acids is 1. The van der Waals surface area contributed by atoms with Crippen molar-refractivity contribution in [3.63, 3.8) is 0 Å². The van der Waals surface area contributed by atoms with Gasteiger partial charge in [0.15, 0.2) is 0 Å². The van der Waals surface area contributed by atoms with E-state index in [1.807, 2.05) is 41.5 Å². The van der Waals surface area contributed by atoms with E-state index < -0.39 is 0 Å². The molecule has 0 radical (unpaired) electrons. The maximum Gasteiger partial charge on any atom is 0.246 e. The molecule has 5 nitrogen and oxygen atoms in total. The van der Waals surface area contributed by atoms with Crippen molar-refractivity contribution in [2.75, 3.05) is 6.61 Å². The highest BCUT2D eigenvalue weighted by Crippen LogP contribution is 2.20. The number of nitrogens with one attached hydrogen (secondary N) is 1. The SMILES string of the molecule is Cc1noc(C)c1C(C)NC(=O)COC(C)(C)C. The second kappa shape index (κ2) is 5.52. The van der Waals surface area contributed by atoms with Crippen molar-refractivity contribution in [3.8, 4) is 0 Å². The summed E-state index contributed by atoms with van der Waals surface area (Å²) in [5.74, 6) is 0.592. The Morgan fingerprint density at radius 3 is 2.50 bits per heavy atom. The van der Waals surface area contributed by atoms with Gasteiger partial charge in [-0.25, -0.2) is 0 Å². The summed E-state index contributed by atoms with van der Waals surface area (Å²) in [5, 5.41) is 6.74. The second-order valence-corrected chi connectivity index (χ2v) is 5.43. The molecule has 5 heteroatoms. The average molecular weight is 254 g/mol. The molecule has 0 aliphatic heterocycles. The monoisotopic (exact) mass is 254 g/mol. The summed E-state index contributed by atoms with van der Waals surface area (Å²) in [6, 6.07) is -0.132. The van der Waals surface area contributed by atoms with Gasteiger partial charge in [-0.05, 0) is 41.5 Å². The van der Waals surface area contributed by atoms with Gasteiger partial charge in [0.25, 0.3) is 0 Å². The molecule has 0 fully saturated rings. The van der Waals surface area contributed by atoms with Gasteiger partial charge in [-0.3, -0.25) is 4.79 Å². The number of hydrogen-bond acceptors (Lipinski definition) is 4. The zero-order chi connectivity index (χ0) is 13.9. The first-order chi connectivity index (χ1) is 8.20. The summed E-state index contributed by atoms with van der Waals surface area (Å²) in [6.07, 6.45) is 0. The fourth-order valence-electron chi connectivity index (χ4n) is 1.75. The van der Waals surface area contributed by atoms with Crippen LogP contribution in [0.3, 0.4) is 0 Å². The van der Waals surface area contributed by atoms with E-state index in [0.717, 1.165) is 17.0 Å². The van der Waals surface area contributed by atoms with Crippen molar-refractivity contribution in [1.82, 2.24) is 10.5 Å². The van der Waals surface area contributed by atoms with E-state index in [0.29, 0.717) is 0 Å². The first-order valence-electron chi connectivity index (χ1n) is 6.07. The Hall–Kier alpha value is -1.36. The summed E-state index contributed by atoms with van der Waals surface area (Å²) < 4.78 is 10.5. The van der Waals surface area contributed by atoms with Gasteiger partial charge in [-0.2, -0.15) is 0 Å². The predicted molar refractivity (Wildman–Crippen MR) is 68.2 cm³/mol. The van der Waals surface area contributed by atoms with Crippen LogP contribution in [0.4, 0.5) is 0 Å². The molecule has 1 heterocycles. The average Bonchev–Trinajstić information content (AvgIpc) is 2.54. The fraction of sp³-hybridized carbons (Fsp3) is 0.692.